The SMILES string of the molecule is CC(C)CCCCCCNC1CCc2sc(Cl)cc21. The van der Waals surface area contributed by atoms with Crippen LogP contribution in [0.2, 0.25) is 4.34 Å². The van der Waals surface area contributed by atoms with E-state index in [2.05, 4.69) is 25.2 Å². The summed E-state index contributed by atoms with van der Waals surface area (Å²) in [6, 6.07) is 2.73. The van der Waals surface area contributed by atoms with Crippen LogP contribution in [0.3, 0.4) is 0 Å². The van der Waals surface area contributed by atoms with Crippen LogP contribution in [-0.4, -0.2) is 6.54 Å². The molecule has 1 aliphatic carbocycles. The minimum absolute atomic E-state index is 0.564. The highest BCUT2D eigenvalue weighted by Gasteiger charge is 2.24. The molecular formula is C16H26ClNS. The molecule has 0 fully saturated rings. The summed E-state index contributed by atoms with van der Waals surface area (Å²) in [4.78, 5) is 1.50. The van der Waals surface area contributed by atoms with Gasteiger partial charge in [-0.1, -0.05) is 51.1 Å². The van der Waals surface area contributed by atoms with Gasteiger partial charge < -0.3 is 5.32 Å². The molecule has 1 unspecified atom stereocenters. The Labute approximate surface area is 126 Å². The van der Waals surface area contributed by atoms with Crippen molar-refractivity contribution in [2.75, 3.05) is 6.54 Å². The zero-order valence-electron chi connectivity index (χ0n) is 12.2. The van der Waals surface area contributed by atoms with Crippen molar-refractivity contribution in [1.82, 2.24) is 5.32 Å². The number of aryl methyl sites for hydroxylation is 1. The van der Waals surface area contributed by atoms with E-state index in [1.165, 1.54) is 55.4 Å². The number of nitrogens with one attached hydrogen (secondary N) is 1. The summed E-state index contributed by atoms with van der Waals surface area (Å²) in [5.41, 5.74) is 1.47. The van der Waals surface area contributed by atoms with Crippen LogP contribution in [0.4, 0.5) is 0 Å². The Morgan fingerprint density at radius 1 is 1.32 bits per heavy atom. The maximum atomic E-state index is 6.08. The maximum Gasteiger partial charge on any atom is 0.0934 e. The van der Waals surface area contributed by atoms with E-state index in [9.17, 15) is 0 Å². The smallest absolute Gasteiger partial charge is 0.0934 e. The van der Waals surface area contributed by atoms with Crippen molar-refractivity contribution >= 4 is 22.9 Å². The third kappa shape index (κ3) is 4.77. The largest absolute Gasteiger partial charge is 0.310 e. The van der Waals surface area contributed by atoms with Gasteiger partial charge in [-0.2, -0.15) is 0 Å². The van der Waals surface area contributed by atoms with Gasteiger partial charge in [0.25, 0.3) is 0 Å². The third-order valence-corrected chi connectivity index (χ3v) is 5.29. The molecule has 0 aromatic carbocycles. The van der Waals surface area contributed by atoms with Gasteiger partial charge in [-0.25, -0.2) is 0 Å². The summed E-state index contributed by atoms with van der Waals surface area (Å²) >= 11 is 7.84. The maximum absolute atomic E-state index is 6.08. The summed E-state index contributed by atoms with van der Waals surface area (Å²) in [5.74, 6) is 0.860. The zero-order valence-corrected chi connectivity index (χ0v) is 13.7. The first-order valence-corrected chi connectivity index (χ1v) is 8.87. The fourth-order valence-corrected chi connectivity index (χ4v) is 4.21. The highest BCUT2D eigenvalue weighted by atomic mass is 35.5. The highest BCUT2D eigenvalue weighted by molar-refractivity contribution is 7.16. The van der Waals surface area contributed by atoms with Gasteiger partial charge >= 0.3 is 0 Å². The molecule has 0 saturated carbocycles. The molecule has 0 saturated heterocycles. The van der Waals surface area contributed by atoms with E-state index in [0.29, 0.717) is 6.04 Å². The summed E-state index contributed by atoms with van der Waals surface area (Å²) in [7, 11) is 0. The van der Waals surface area contributed by atoms with Gasteiger partial charge in [-0.15, -0.1) is 11.3 Å². The number of halogens is 1. The average molecular weight is 300 g/mol. The van der Waals surface area contributed by atoms with Gasteiger partial charge in [0.2, 0.25) is 0 Å². The van der Waals surface area contributed by atoms with Crippen molar-refractivity contribution in [2.24, 2.45) is 5.92 Å². The van der Waals surface area contributed by atoms with E-state index < -0.39 is 0 Å². The minimum Gasteiger partial charge on any atom is -0.310 e. The van der Waals surface area contributed by atoms with E-state index in [1.807, 2.05) is 0 Å². The number of fused-ring (bicyclic) bond motifs is 1. The first-order chi connectivity index (χ1) is 9.16. The summed E-state index contributed by atoms with van der Waals surface area (Å²) < 4.78 is 0.949. The molecule has 1 aromatic rings. The average Bonchev–Trinajstić information content (AvgIpc) is 2.87. The Hall–Kier alpha value is -0.0500. The Bertz CT molecular complexity index is 386. The Balaban J connectivity index is 1.57. The summed E-state index contributed by atoms with van der Waals surface area (Å²) in [6.07, 6.45) is 9.30. The predicted molar refractivity (Wildman–Crippen MR) is 86.3 cm³/mol. The quantitative estimate of drug-likeness (QED) is 0.617. The Kier molecular flexibility index (Phi) is 6.18. The van der Waals surface area contributed by atoms with Crippen LogP contribution < -0.4 is 5.32 Å². The lowest BCUT2D eigenvalue weighted by Crippen LogP contribution is -2.20. The molecule has 1 heterocycles. The first kappa shape index (κ1) is 15.3. The van der Waals surface area contributed by atoms with Crippen molar-refractivity contribution in [2.45, 2.75) is 64.8 Å². The number of thiophene rings is 1. The van der Waals surface area contributed by atoms with E-state index in [0.717, 1.165) is 16.8 Å². The lowest BCUT2D eigenvalue weighted by molar-refractivity contribution is 0.485. The number of rotatable bonds is 8. The zero-order chi connectivity index (χ0) is 13.7. The van der Waals surface area contributed by atoms with Gasteiger partial charge in [-0.3, -0.25) is 0 Å². The number of hydrogen-bond donors (Lipinski definition) is 1. The second-order valence-electron chi connectivity index (χ2n) is 6.07. The van der Waals surface area contributed by atoms with E-state index in [-0.39, 0.29) is 0 Å². The van der Waals surface area contributed by atoms with Crippen molar-refractivity contribution in [1.29, 1.82) is 0 Å². The molecule has 19 heavy (non-hydrogen) atoms. The molecule has 108 valence electrons. The molecular weight excluding hydrogens is 274 g/mol. The van der Waals surface area contributed by atoms with Crippen molar-refractivity contribution in [3.8, 4) is 0 Å². The molecule has 0 aliphatic heterocycles. The highest BCUT2D eigenvalue weighted by Crippen LogP contribution is 2.39. The first-order valence-electron chi connectivity index (χ1n) is 7.68. The topological polar surface area (TPSA) is 12.0 Å². The van der Waals surface area contributed by atoms with Gasteiger partial charge in [0.15, 0.2) is 0 Å². The van der Waals surface area contributed by atoms with Crippen LogP contribution in [0.25, 0.3) is 0 Å². The van der Waals surface area contributed by atoms with E-state index in [1.54, 1.807) is 11.3 Å². The van der Waals surface area contributed by atoms with Crippen LogP contribution >= 0.6 is 22.9 Å². The summed E-state index contributed by atoms with van der Waals surface area (Å²) in [6.45, 7) is 5.77. The lowest BCUT2D eigenvalue weighted by atomic mass is 10.0. The molecule has 1 aliphatic rings. The van der Waals surface area contributed by atoms with Gasteiger partial charge in [0.05, 0.1) is 4.34 Å². The molecule has 0 amide bonds. The van der Waals surface area contributed by atoms with Crippen LogP contribution in [-0.2, 0) is 6.42 Å². The normalized spacial score (nSPS) is 18.2. The molecule has 0 spiro atoms. The second kappa shape index (κ2) is 7.66. The molecule has 2 rings (SSSR count). The number of hydrogen-bond acceptors (Lipinski definition) is 2. The van der Waals surface area contributed by atoms with Crippen LogP contribution in [0.5, 0.6) is 0 Å². The fraction of sp³-hybridized carbons (Fsp3) is 0.750. The second-order valence-corrected chi connectivity index (χ2v) is 7.84. The van der Waals surface area contributed by atoms with Crippen LogP contribution in [0, 0.1) is 5.92 Å². The Morgan fingerprint density at radius 3 is 2.89 bits per heavy atom. The van der Waals surface area contributed by atoms with Crippen LogP contribution in [0.1, 0.15) is 68.9 Å². The molecule has 0 radical (unpaired) electrons. The minimum atomic E-state index is 0.564. The molecule has 3 heteroatoms. The third-order valence-electron chi connectivity index (χ3n) is 3.95. The van der Waals surface area contributed by atoms with Crippen molar-refractivity contribution < 1.29 is 0 Å². The van der Waals surface area contributed by atoms with Crippen molar-refractivity contribution in [3.05, 3.63) is 20.8 Å². The van der Waals surface area contributed by atoms with Crippen molar-refractivity contribution in [3.63, 3.8) is 0 Å². The molecule has 1 N–H and O–H groups in total. The molecule has 1 atom stereocenters. The van der Waals surface area contributed by atoms with E-state index >= 15 is 0 Å². The standard InChI is InChI=1S/C16H26ClNS/c1-12(2)7-5-3-4-6-10-18-14-8-9-15-13(14)11-16(17)19-15/h11-12,14,18H,3-10H2,1-2H3. The van der Waals surface area contributed by atoms with E-state index in [4.69, 9.17) is 11.6 Å². The number of unbranched alkanes of at least 4 members (excludes halogenated alkanes) is 3. The predicted octanol–water partition coefficient (Wildman–Crippen LogP) is 5.58. The summed E-state index contributed by atoms with van der Waals surface area (Å²) in [5, 5.41) is 3.70. The molecule has 1 aromatic heterocycles. The molecule has 1 nitrogen and oxygen atoms in total. The van der Waals surface area contributed by atoms with Gasteiger partial charge in [0.1, 0.15) is 0 Å². The van der Waals surface area contributed by atoms with Crippen LogP contribution in [0.15, 0.2) is 6.07 Å². The van der Waals surface area contributed by atoms with Gasteiger partial charge in [0, 0.05) is 10.9 Å². The Morgan fingerprint density at radius 2 is 2.11 bits per heavy atom. The lowest BCUT2D eigenvalue weighted by Gasteiger charge is -2.12. The molecule has 0 bridgehead atoms. The monoisotopic (exact) mass is 299 g/mol. The fourth-order valence-electron chi connectivity index (χ4n) is 2.85. The van der Waals surface area contributed by atoms with Gasteiger partial charge in [-0.05, 0) is 43.4 Å².